The van der Waals surface area contributed by atoms with Crippen LogP contribution in [-0.4, -0.2) is 40.7 Å². The van der Waals surface area contributed by atoms with Crippen LogP contribution in [0.2, 0.25) is 0 Å². The normalized spacial score (nSPS) is 18.0. The molecule has 0 N–H and O–H groups in total. The van der Waals surface area contributed by atoms with Crippen LogP contribution in [0, 0.1) is 11.7 Å². The zero-order valence-corrected chi connectivity index (χ0v) is 17.9. The molecule has 0 spiro atoms. The van der Waals surface area contributed by atoms with Crippen LogP contribution in [-0.2, 0) is 11.2 Å². The van der Waals surface area contributed by atoms with E-state index in [9.17, 15) is 9.18 Å². The number of piperidine rings is 1. The summed E-state index contributed by atoms with van der Waals surface area (Å²) < 4.78 is 18.9. The summed E-state index contributed by atoms with van der Waals surface area (Å²) in [6.45, 7) is 2.07. The highest BCUT2D eigenvalue weighted by Crippen LogP contribution is 2.36. The molecule has 6 rings (SSSR count). The zero-order valence-electron chi connectivity index (χ0n) is 17.9. The van der Waals surface area contributed by atoms with Crippen molar-refractivity contribution in [3.05, 3.63) is 66.2 Å². The van der Waals surface area contributed by atoms with E-state index in [1.165, 1.54) is 24.0 Å². The van der Waals surface area contributed by atoms with Gasteiger partial charge in [0.2, 0.25) is 5.91 Å². The lowest BCUT2D eigenvalue weighted by molar-refractivity contribution is -0.122. The SMILES string of the molecule is O=C([C@H]1CCCN(c2ncnc3onc(-c4ccc(F)cc4)c23)C1)N1CCc2ccccc21. The van der Waals surface area contributed by atoms with Crippen molar-refractivity contribution in [2.45, 2.75) is 19.3 Å². The molecule has 0 radical (unpaired) electrons. The Labute approximate surface area is 189 Å². The number of nitrogens with zero attached hydrogens (tertiary/aromatic N) is 5. The van der Waals surface area contributed by atoms with Gasteiger partial charge in [0.05, 0.1) is 5.92 Å². The molecular formula is C25H22FN5O2. The van der Waals surface area contributed by atoms with Crippen LogP contribution < -0.4 is 9.80 Å². The topological polar surface area (TPSA) is 75.4 Å². The minimum absolute atomic E-state index is 0.121. The van der Waals surface area contributed by atoms with E-state index in [1.54, 1.807) is 12.1 Å². The summed E-state index contributed by atoms with van der Waals surface area (Å²) in [6.07, 6.45) is 4.08. The molecule has 4 heterocycles. The van der Waals surface area contributed by atoms with Crippen molar-refractivity contribution in [1.29, 1.82) is 0 Å². The van der Waals surface area contributed by atoms with E-state index in [1.807, 2.05) is 23.1 Å². The standard InChI is InChI=1S/C25H22FN5O2/c26-19-9-7-17(8-10-19)22-21-23(27-15-28-24(21)33-29-22)30-12-3-5-18(14-30)25(32)31-13-11-16-4-1-2-6-20(16)31/h1-2,4,6-10,15,18H,3,5,11-14H2/t18-/m0/s1. The second-order valence-corrected chi connectivity index (χ2v) is 8.57. The number of halogens is 1. The summed E-state index contributed by atoms with van der Waals surface area (Å²) >= 11 is 0. The molecule has 2 aromatic heterocycles. The smallest absolute Gasteiger partial charge is 0.263 e. The van der Waals surface area contributed by atoms with Crippen molar-refractivity contribution in [2.24, 2.45) is 5.92 Å². The molecule has 7 nitrogen and oxygen atoms in total. The summed E-state index contributed by atoms with van der Waals surface area (Å²) in [7, 11) is 0. The third kappa shape index (κ3) is 3.42. The summed E-state index contributed by atoms with van der Waals surface area (Å²) in [5.74, 6) is 0.423. The number of carbonyl (C=O) groups is 1. The lowest BCUT2D eigenvalue weighted by atomic mass is 9.96. The van der Waals surface area contributed by atoms with Crippen LogP contribution >= 0.6 is 0 Å². The lowest BCUT2D eigenvalue weighted by Crippen LogP contribution is -2.45. The molecule has 1 saturated heterocycles. The van der Waals surface area contributed by atoms with Gasteiger partial charge < -0.3 is 14.3 Å². The van der Waals surface area contributed by atoms with Gasteiger partial charge >= 0.3 is 0 Å². The van der Waals surface area contributed by atoms with Gasteiger partial charge in [-0.05, 0) is 55.2 Å². The van der Waals surface area contributed by atoms with Crippen molar-refractivity contribution in [3.63, 3.8) is 0 Å². The van der Waals surface area contributed by atoms with E-state index in [-0.39, 0.29) is 17.6 Å². The number of fused-ring (bicyclic) bond motifs is 2. The van der Waals surface area contributed by atoms with Crippen molar-refractivity contribution in [1.82, 2.24) is 15.1 Å². The minimum Gasteiger partial charge on any atom is -0.355 e. The van der Waals surface area contributed by atoms with Crippen LogP contribution in [0.3, 0.4) is 0 Å². The Kier molecular flexibility index (Phi) is 4.78. The Morgan fingerprint density at radius 3 is 2.79 bits per heavy atom. The molecule has 2 aliphatic rings. The fourth-order valence-electron chi connectivity index (χ4n) is 4.97. The molecule has 0 bridgehead atoms. The Hall–Kier alpha value is -3.81. The van der Waals surface area contributed by atoms with Crippen molar-refractivity contribution in [2.75, 3.05) is 29.4 Å². The number of carbonyl (C=O) groups excluding carboxylic acids is 1. The molecule has 0 saturated carbocycles. The molecule has 2 aliphatic heterocycles. The van der Waals surface area contributed by atoms with Gasteiger partial charge in [-0.2, -0.15) is 4.98 Å². The molecule has 2 aromatic carbocycles. The molecule has 166 valence electrons. The van der Waals surface area contributed by atoms with Crippen LogP contribution in [0.15, 0.2) is 59.4 Å². The number of para-hydroxylation sites is 1. The van der Waals surface area contributed by atoms with Crippen LogP contribution in [0.4, 0.5) is 15.9 Å². The van der Waals surface area contributed by atoms with Gasteiger partial charge in [0.25, 0.3) is 5.71 Å². The molecule has 1 amide bonds. The van der Waals surface area contributed by atoms with E-state index >= 15 is 0 Å². The maximum atomic E-state index is 13.5. The third-order valence-corrected chi connectivity index (χ3v) is 6.59. The Morgan fingerprint density at radius 1 is 1.06 bits per heavy atom. The average molecular weight is 443 g/mol. The first-order chi connectivity index (χ1) is 16.2. The number of rotatable bonds is 3. The van der Waals surface area contributed by atoms with Crippen molar-refractivity contribution >= 4 is 28.5 Å². The molecule has 8 heteroatoms. The monoisotopic (exact) mass is 443 g/mol. The molecule has 0 unspecified atom stereocenters. The summed E-state index contributed by atoms with van der Waals surface area (Å²) in [4.78, 5) is 26.3. The lowest BCUT2D eigenvalue weighted by Gasteiger charge is -2.35. The van der Waals surface area contributed by atoms with Gasteiger partial charge in [-0.15, -0.1) is 0 Å². The maximum Gasteiger partial charge on any atom is 0.263 e. The number of amides is 1. The molecule has 1 atom stereocenters. The van der Waals surface area contributed by atoms with Gasteiger partial charge in [-0.3, -0.25) is 4.79 Å². The summed E-state index contributed by atoms with van der Waals surface area (Å²) in [5.41, 5.74) is 3.93. The Bertz CT molecular complexity index is 1340. The predicted molar refractivity (Wildman–Crippen MR) is 122 cm³/mol. The number of hydrogen-bond donors (Lipinski definition) is 0. The minimum atomic E-state index is -0.316. The first kappa shape index (κ1) is 19.8. The van der Waals surface area contributed by atoms with Crippen molar-refractivity contribution in [3.8, 4) is 11.3 Å². The van der Waals surface area contributed by atoms with E-state index < -0.39 is 0 Å². The fourth-order valence-corrected chi connectivity index (χ4v) is 4.97. The molecule has 1 fully saturated rings. The van der Waals surface area contributed by atoms with Crippen LogP contribution in [0.25, 0.3) is 22.4 Å². The van der Waals surface area contributed by atoms with Gasteiger partial charge in [0, 0.05) is 30.9 Å². The number of hydrogen-bond acceptors (Lipinski definition) is 6. The number of aromatic nitrogens is 3. The molecular weight excluding hydrogens is 421 g/mol. The van der Waals surface area contributed by atoms with Crippen molar-refractivity contribution < 1.29 is 13.7 Å². The zero-order chi connectivity index (χ0) is 22.4. The van der Waals surface area contributed by atoms with Gasteiger partial charge in [0.1, 0.15) is 29.0 Å². The molecule has 33 heavy (non-hydrogen) atoms. The molecule has 0 aliphatic carbocycles. The Balaban J connectivity index is 1.32. The quantitative estimate of drug-likeness (QED) is 0.472. The van der Waals surface area contributed by atoms with Crippen LogP contribution in [0.5, 0.6) is 0 Å². The van der Waals surface area contributed by atoms with E-state index in [4.69, 9.17) is 4.52 Å². The first-order valence-electron chi connectivity index (χ1n) is 11.2. The highest BCUT2D eigenvalue weighted by Gasteiger charge is 2.34. The van der Waals surface area contributed by atoms with E-state index in [2.05, 4.69) is 26.1 Å². The van der Waals surface area contributed by atoms with E-state index in [0.717, 1.165) is 43.6 Å². The maximum absolute atomic E-state index is 13.5. The van der Waals surface area contributed by atoms with E-state index in [0.29, 0.717) is 29.2 Å². The second-order valence-electron chi connectivity index (χ2n) is 8.57. The number of anilines is 2. The van der Waals surface area contributed by atoms with Crippen LogP contribution in [0.1, 0.15) is 18.4 Å². The second kappa shape index (κ2) is 7.95. The molecule has 4 aromatic rings. The predicted octanol–water partition coefficient (Wildman–Crippen LogP) is 4.23. The summed E-state index contributed by atoms with van der Waals surface area (Å²) in [5, 5.41) is 4.88. The Morgan fingerprint density at radius 2 is 1.91 bits per heavy atom. The fraction of sp³-hybridized carbons (Fsp3) is 0.280. The largest absolute Gasteiger partial charge is 0.355 e. The van der Waals surface area contributed by atoms with Gasteiger partial charge in [-0.25, -0.2) is 9.37 Å². The highest BCUT2D eigenvalue weighted by molar-refractivity contribution is 5.99. The highest BCUT2D eigenvalue weighted by atomic mass is 19.1. The summed E-state index contributed by atoms with van der Waals surface area (Å²) in [6, 6.07) is 14.2. The van der Waals surface area contributed by atoms with Gasteiger partial charge in [-0.1, -0.05) is 23.4 Å². The van der Waals surface area contributed by atoms with Gasteiger partial charge in [0.15, 0.2) is 0 Å². The third-order valence-electron chi connectivity index (χ3n) is 6.59. The number of benzene rings is 2. The average Bonchev–Trinajstić information content (AvgIpc) is 3.49. The first-order valence-corrected chi connectivity index (χ1v) is 11.2.